The Balaban J connectivity index is 1.42. The lowest BCUT2D eigenvalue weighted by molar-refractivity contribution is -0.154. The molecular weight excluding hydrogens is 493 g/mol. The molecule has 2 aromatic rings. The molecule has 3 heterocycles. The van der Waals surface area contributed by atoms with Crippen molar-refractivity contribution in [3.05, 3.63) is 59.3 Å². The first kappa shape index (κ1) is 26.2. The molecule has 0 spiro atoms. The zero-order valence-corrected chi connectivity index (χ0v) is 20.5. The van der Waals surface area contributed by atoms with E-state index in [1.807, 2.05) is 0 Å². The van der Waals surface area contributed by atoms with E-state index in [1.165, 1.54) is 28.1 Å². The lowest BCUT2D eigenvalue weighted by Crippen LogP contribution is -2.63. The number of likely N-dealkylation sites (tertiary alicyclic amines) is 1. The zero-order chi connectivity index (χ0) is 27.0. The van der Waals surface area contributed by atoms with Gasteiger partial charge in [-0.1, -0.05) is 24.3 Å². The molecule has 1 unspecified atom stereocenters. The third-order valence-electron chi connectivity index (χ3n) is 5.80. The molecule has 12 heteroatoms. The number of alkyl halides is 3. The molecule has 1 saturated heterocycles. The van der Waals surface area contributed by atoms with E-state index < -0.39 is 36.4 Å². The number of amides is 3. The smallest absolute Gasteiger partial charge is 0.422 e. The van der Waals surface area contributed by atoms with Crippen LogP contribution in [0.5, 0.6) is 5.88 Å². The minimum Gasteiger partial charge on any atom is -0.468 e. The number of nitrogens with one attached hydrogen (secondary N) is 1. The van der Waals surface area contributed by atoms with Crippen LogP contribution in [0, 0.1) is 0 Å². The van der Waals surface area contributed by atoms with Crippen molar-refractivity contribution >= 4 is 17.9 Å². The molecule has 0 bridgehead atoms. The Labute approximate surface area is 211 Å². The highest BCUT2D eigenvalue weighted by molar-refractivity contribution is 6.05. The third kappa shape index (κ3) is 6.12. The van der Waals surface area contributed by atoms with Gasteiger partial charge in [-0.25, -0.2) is 9.78 Å². The van der Waals surface area contributed by atoms with Gasteiger partial charge in [-0.3, -0.25) is 9.59 Å². The Kier molecular flexibility index (Phi) is 7.03. The largest absolute Gasteiger partial charge is 0.468 e. The Morgan fingerprint density at radius 2 is 1.81 bits per heavy atom. The monoisotopic (exact) mass is 520 g/mol. The summed E-state index contributed by atoms with van der Waals surface area (Å²) in [5.41, 5.74) is 0.875. The molecule has 0 radical (unpaired) electrons. The summed E-state index contributed by atoms with van der Waals surface area (Å²) in [4.78, 5) is 45.6. The average Bonchev–Trinajstić information content (AvgIpc) is 3.06. The molecule has 1 fully saturated rings. The van der Waals surface area contributed by atoms with Crippen LogP contribution < -0.4 is 10.1 Å². The predicted molar refractivity (Wildman–Crippen MR) is 125 cm³/mol. The van der Waals surface area contributed by atoms with Crippen molar-refractivity contribution in [3.63, 3.8) is 0 Å². The van der Waals surface area contributed by atoms with E-state index in [0.29, 0.717) is 16.7 Å². The van der Waals surface area contributed by atoms with Crippen LogP contribution in [0.4, 0.5) is 18.0 Å². The van der Waals surface area contributed by atoms with Crippen molar-refractivity contribution in [1.82, 2.24) is 20.1 Å². The predicted octanol–water partition coefficient (Wildman–Crippen LogP) is 3.46. The maximum Gasteiger partial charge on any atom is 0.422 e. The molecule has 4 rings (SSSR count). The van der Waals surface area contributed by atoms with Crippen LogP contribution in [-0.4, -0.2) is 70.2 Å². The Morgan fingerprint density at radius 3 is 2.43 bits per heavy atom. The van der Waals surface area contributed by atoms with Crippen LogP contribution in [0.15, 0.2) is 42.6 Å². The molecular formula is C25H27F3N4O5. The van der Waals surface area contributed by atoms with Crippen molar-refractivity contribution in [1.29, 1.82) is 0 Å². The van der Waals surface area contributed by atoms with E-state index in [2.05, 4.69) is 15.0 Å². The van der Waals surface area contributed by atoms with Gasteiger partial charge in [-0.15, -0.1) is 0 Å². The van der Waals surface area contributed by atoms with Crippen molar-refractivity contribution < 1.29 is 37.0 Å². The highest BCUT2D eigenvalue weighted by Gasteiger charge is 2.49. The molecule has 1 atom stereocenters. The molecule has 9 nitrogen and oxygen atoms in total. The summed E-state index contributed by atoms with van der Waals surface area (Å²) in [6.45, 7) is 4.36. The van der Waals surface area contributed by atoms with Crippen LogP contribution in [-0.2, 0) is 16.1 Å². The van der Waals surface area contributed by atoms with Crippen LogP contribution >= 0.6 is 0 Å². The first-order valence-corrected chi connectivity index (χ1v) is 11.6. The summed E-state index contributed by atoms with van der Waals surface area (Å²) in [6, 6.07) is 8.36. The second-order valence-electron chi connectivity index (χ2n) is 9.87. The number of ether oxygens (including phenoxy) is 2. The molecule has 1 aromatic heterocycles. The number of aromatic nitrogens is 1. The Hall–Kier alpha value is -3.83. The standard InChI is InChI=1S/C25H27F3N4O5/c1-24(2,3)37-23(35)31-12-16(13-31)32-20(17-6-4-5-7-18(17)22(32)34)21(33)30-11-15-8-9-19(29-10-15)36-14-25(26,27)28/h4-10,16,20H,11-14H2,1-3H3,(H,30,33). The number of carbonyl (C=O) groups excluding carboxylic acids is 3. The number of benzene rings is 1. The summed E-state index contributed by atoms with van der Waals surface area (Å²) >= 11 is 0. The van der Waals surface area contributed by atoms with Gasteiger partial charge in [0, 0.05) is 37.5 Å². The van der Waals surface area contributed by atoms with Crippen LogP contribution in [0.25, 0.3) is 0 Å². The Morgan fingerprint density at radius 1 is 1.11 bits per heavy atom. The van der Waals surface area contributed by atoms with Crippen molar-refractivity contribution in [2.24, 2.45) is 0 Å². The third-order valence-corrected chi connectivity index (χ3v) is 5.80. The van der Waals surface area contributed by atoms with Gasteiger partial charge in [0.2, 0.25) is 11.8 Å². The van der Waals surface area contributed by atoms with Gasteiger partial charge in [-0.05, 0) is 38.0 Å². The lowest BCUT2D eigenvalue weighted by atomic mass is 10.0. The molecule has 3 amide bonds. The molecule has 1 N–H and O–H groups in total. The van der Waals surface area contributed by atoms with Gasteiger partial charge in [-0.2, -0.15) is 13.2 Å². The molecule has 2 aliphatic rings. The van der Waals surface area contributed by atoms with E-state index >= 15 is 0 Å². The van der Waals surface area contributed by atoms with Gasteiger partial charge in [0.1, 0.15) is 11.6 Å². The van der Waals surface area contributed by atoms with Crippen molar-refractivity contribution in [3.8, 4) is 5.88 Å². The fraction of sp³-hybridized carbons (Fsp3) is 0.440. The van der Waals surface area contributed by atoms with Gasteiger partial charge < -0.3 is 24.6 Å². The summed E-state index contributed by atoms with van der Waals surface area (Å²) in [7, 11) is 0. The second kappa shape index (κ2) is 9.91. The summed E-state index contributed by atoms with van der Waals surface area (Å²) < 4.78 is 46.9. The first-order chi connectivity index (χ1) is 17.3. The van der Waals surface area contributed by atoms with E-state index in [9.17, 15) is 27.6 Å². The normalized spacial score (nSPS) is 17.8. The number of nitrogens with zero attached hydrogens (tertiary/aromatic N) is 3. The highest BCUT2D eigenvalue weighted by Crippen LogP contribution is 2.37. The van der Waals surface area contributed by atoms with Crippen LogP contribution in [0.1, 0.15) is 48.3 Å². The highest BCUT2D eigenvalue weighted by atomic mass is 19.4. The summed E-state index contributed by atoms with van der Waals surface area (Å²) in [6.07, 6.45) is -3.65. The number of rotatable bonds is 6. The maximum atomic E-state index is 13.3. The van der Waals surface area contributed by atoms with Crippen LogP contribution in [0.2, 0.25) is 0 Å². The molecule has 198 valence electrons. The van der Waals surface area contributed by atoms with Gasteiger partial charge in [0.15, 0.2) is 6.61 Å². The van der Waals surface area contributed by atoms with Crippen molar-refractivity contribution in [2.45, 2.75) is 51.2 Å². The summed E-state index contributed by atoms with van der Waals surface area (Å²) in [5, 5.41) is 2.78. The Bertz CT molecular complexity index is 1170. The topological polar surface area (TPSA) is 101 Å². The number of halogens is 3. The number of carbonyl (C=O) groups is 3. The van der Waals surface area contributed by atoms with Gasteiger partial charge in [0.05, 0.1) is 6.04 Å². The van der Waals surface area contributed by atoms with E-state index in [1.54, 1.807) is 45.0 Å². The number of fused-ring (bicyclic) bond motifs is 1. The number of hydrogen-bond donors (Lipinski definition) is 1. The number of hydrogen-bond acceptors (Lipinski definition) is 6. The molecule has 37 heavy (non-hydrogen) atoms. The van der Waals surface area contributed by atoms with Gasteiger partial charge in [0.25, 0.3) is 5.91 Å². The second-order valence-corrected chi connectivity index (χ2v) is 9.87. The molecule has 2 aliphatic heterocycles. The molecule has 0 aliphatic carbocycles. The van der Waals surface area contributed by atoms with Crippen molar-refractivity contribution in [2.75, 3.05) is 19.7 Å². The fourth-order valence-corrected chi connectivity index (χ4v) is 4.13. The van der Waals surface area contributed by atoms with E-state index in [0.717, 1.165) is 0 Å². The SMILES string of the molecule is CC(C)(C)OC(=O)N1CC(N2C(=O)c3ccccc3C2C(=O)NCc2ccc(OCC(F)(F)F)nc2)C1. The van der Waals surface area contributed by atoms with Crippen LogP contribution in [0.3, 0.4) is 0 Å². The number of pyridine rings is 1. The fourth-order valence-electron chi connectivity index (χ4n) is 4.13. The minimum absolute atomic E-state index is 0.0424. The minimum atomic E-state index is -4.47. The first-order valence-electron chi connectivity index (χ1n) is 11.6. The molecule has 1 aromatic carbocycles. The quantitative estimate of drug-likeness (QED) is 0.626. The van der Waals surface area contributed by atoms with Gasteiger partial charge >= 0.3 is 12.3 Å². The average molecular weight is 521 g/mol. The molecule has 0 saturated carbocycles. The zero-order valence-electron chi connectivity index (χ0n) is 20.5. The summed E-state index contributed by atoms with van der Waals surface area (Å²) in [5.74, 6) is -0.905. The maximum absolute atomic E-state index is 13.3. The van der Waals surface area contributed by atoms with E-state index in [-0.39, 0.29) is 37.5 Å². The van der Waals surface area contributed by atoms with E-state index in [4.69, 9.17) is 4.74 Å². The lowest BCUT2D eigenvalue weighted by Gasteiger charge is -2.45.